The molecule has 0 bridgehead atoms. The van der Waals surface area contributed by atoms with Crippen LogP contribution in [0.25, 0.3) is 0 Å². The molecule has 9 heteroatoms. The third-order valence-electron chi connectivity index (χ3n) is 2.91. The molecule has 0 saturated carbocycles. The molecule has 124 valence electrons. The molecule has 0 aromatic heterocycles. The first-order valence-electron chi connectivity index (χ1n) is 6.64. The minimum absolute atomic E-state index is 0.0905. The number of esters is 1. The number of hydrogen-bond donors (Lipinski definition) is 1. The molecule has 23 heavy (non-hydrogen) atoms. The minimum Gasteiger partial charge on any atom is -0.493 e. The molecular weight excluding hydrogens is 324 g/mol. The van der Waals surface area contributed by atoms with Crippen LogP contribution in [0.1, 0.15) is 12.5 Å². The molecule has 0 fully saturated rings. The normalized spacial score (nSPS) is 15.8. The average molecular weight is 340 g/mol. The predicted molar refractivity (Wildman–Crippen MR) is 82.9 cm³/mol. The number of hydrogen-bond acceptors (Lipinski definition) is 6. The highest BCUT2D eigenvalue weighted by atomic mass is 32.2. The van der Waals surface area contributed by atoms with E-state index in [9.17, 15) is 13.2 Å². The number of allylic oxidation sites excluding steroid dienone is 1. The summed E-state index contributed by atoms with van der Waals surface area (Å²) in [6, 6.07) is 4.79. The molecule has 0 unspecified atom stereocenters. The number of rotatable bonds is 5. The number of ether oxygens (including phenoxy) is 3. The first kappa shape index (κ1) is 16.8. The lowest BCUT2D eigenvalue weighted by atomic mass is 10.1. The number of carbonyl (C=O) groups is 1. The Bertz CT molecular complexity index is 782. The van der Waals surface area contributed by atoms with E-state index in [0.717, 1.165) is 0 Å². The molecule has 1 N–H and O–H groups in total. The van der Waals surface area contributed by atoms with E-state index in [4.69, 9.17) is 14.2 Å². The van der Waals surface area contributed by atoms with Crippen molar-refractivity contribution in [3.63, 3.8) is 0 Å². The van der Waals surface area contributed by atoms with Gasteiger partial charge in [0.2, 0.25) is 0 Å². The lowest BCUT2D eigenvalue weighted by Gasteiger charge is -2.15. The topological polar surface area (TPSA) is 103 Å². The van der Waals surface area contributed by atoms with Crippen LogP contribution in [-0.4, -0.2) is 40.9 Å². The van der Waals surface area contributed by atoms with E-state index in [-0.39, 0.29) is 18.0 Å². The predicted octanol–water partition coefficient (Wildman–Crippen LogP) is 0.788. The van der Waals surface area contributed by atoms with Crippen molar-refractivity contribution in [2.45, 2.75) is 6.92 Å². The standard InChI is InChI=1S/C14H16N2O6S/c1-4-22-14(17)11-8-10(15-23(18,19)16-11)9-5-6-12(20-2)13(7-9)21-3/h5-8,16H,4H2,1-3H3. The Morgan fingerprint density at radius 2 is 1.91 bits per heavy atom. The van der Waals surface area contributed by atoms with Crippen LogP contribution in [0.3, 0.4) is 0 Å². The van der Waals surface area contributed by atoms with Crippen LogP contribution in [0, 0.1) is 0 Å². The molecule has 1 aliphatic heterocycles. The van der Waals surface area contributed by atoms with Gasteiger partial charge in [-0.1, -0.05) is 0 Å². The van der Waals surface area contributed by atoms with Crippen molar-refractivity contribution in [1.29, 1.82) is 0 Å². The molecule has 0 amide bonds. The summed E-state index contributed by atoms with van der Waals surface area (Å²) in [6.07, 6.45) is 1.31. The lowest BCUT2D eigenvalue weighted by Crippen LogP contribution is -2.32. The number of nitrogens with one attached hydrogen (secondary N) is 1. The zero-order chi connectivity index (χ0) is 17.0. The number of nitrogens with zero attached hydrogens (tertiary/aromatic N) is 1. The van der Waals surface area contributed by atoms with Gasteiger partial charge in [-0.2, -0.15) is 8.42 Å². The van der Waals surface area contributed by atoms with Gasteiger partial charge in [0.05, 0.1) is 26.5 Å². The molecule has 0 radical (unpaired) electrons. The van der Waals surface area contributed by atoms with Gasteiger partial charge in [0.25, 0.3) is 0 Å². The van der Waals surface area contributed by atoms with Crippen LogP contribution in [0.4, 0.5) is 0 Å². The fourth-order valence-corrected chi connectivity index (χ4v) is 2.81. The van der Waals surface area contributed by atoms with E-state index in [0.29, 0.717) is 17.1 Å². The maximum absolute atomic E-state index is 11.8. The van der Waals surface area contributed by atoms with Crippen LogP contribution in [0.5, 0.6) is 11.5 Å². The molecule has 0 aliphatic carbocycles. The van der Waals surface area contributed by atoms with Crippen LogP contribution in [0.15, 0.2) is 34.4 Å². The van der Waals surface area contributed by atoms with E-state index >= 15 is 0 Å². The van der Waals surface area contributed by atoms with E-state index in [1.807, 2.05) is 4.72 Å². The van der Waals surface area contributed by atoms with E-state index in [2.05, 4.69) is 4.40 Å². The zero-order valence-corrected chi connectivity index (χ0v) is 13.6. The summed E-state index contributed by atoms with van der Waals surface area (Å²) < 4.78 is 44.4. The maximum atomic E-state index is 11.8. The average Bonchev–Trinajstić information content (AvgIpc) is 2.52. The van der Waals surface area contributed by atoms with Crippen molar-refractivity contribution < 1.29 is 27.4 Å². The van der Waals surface area contributed by atoms with Crippen molar-refractivity contribution in [3.8, 4) is 11.5 Å². The highest BCUT2D eigenvalue weighted by Gasteiger charge is 2.24. The van der Waals surface area contributed by atoms with Crippen LogP contribution >= 0.6 is 0 Å². The Hall–Kier alpha value is -2.55. The largest absolute Gasteiger partial charge is 0.493 e. The summed E-state index contributed by atoms with van der Waals surface area (Å²) in [5.41, 5.74) is 0.342. The van der Waals surface area contributed by atoms with E-state index in [1.54, 1.807) is 25.1 Å². The molecule has 8 nitrogen and oxygen atoms in total. The highest BCUT2D eigenvalue weighted by molar-refractivity contribution is 7.88. The summed E-state index contributed by atoms with van der Waals surface area (Å²) in [5, 5.41) is 0. The molecule has 1 aromatic carbocycles. The van der Waals surface area contributed by atoms with Gasteiger partial charge in [-0.3, -0.25) is 4.72 Å². The summed E-state index contributed by atoms with van der Waals surface area (Å²) in [6.45, 7) is 1.75. The number of carbonyl (C=O) groups excluding carboxylic acids is 1. The van der Waals surface area contributed by atoms with Crippen molar-refractivity contribution in [2.24, 2.45) is 4.40 Å². The van der Waals surface area contributed by atoms with Gasteiger partial charge in [0.1, 0.15) is 5.70 Å². The third kappa shape index (κ3) is 3.81. The zero-order valence-electron chi connectivity index (χ0n) is 12.8. The second-order valence-electron chi connectivity index (χ2n) is 4.40. The second kappa shape index (κ2) is 6.69. The van der Waals surface area contributed by atoms with Crippen molar-refractivity contribution in [2.75, 3.05) is 20.8 Å². The molecule has 0 saturated heterocycles. The monoisotopic (exact) mass is 340 g/mol. The molecule has 0 spiro atoms. The van der Waals surface area contributed by atoms with E-state index in [1.165, 1.54) is 20.3 Å². The smallest absolute Gasteiger partial charge is 0.355 e. The van der Waals surface area contributed by atoms with Gasteiger partial charge in [0, 0.05) is 5.56 Å². The summed E-state index contributed by atoms with van der Waals surface area (Å²) >= 11 is 0. The molecule has 1 aromatic rings. The van der Waals surface area contributed by atoms with Gasteiger partial charge >= 0.3 is 16.2 Å². The first-order chi connectivity index (χ1) is 10.9. The highest BCUT2D eigenvalue weighted by Crippen LogP contribution is 2.28. The Morgan fingerprint density at radius 3 is 2.52 bits per heavy atom. The van der Waals surface area contributed by atoms with Gasteiger partial charge in [-0.05, 0) is 31.2 Å². The lowest BCUT2D eigenvalue weighted by molar-refractivity contribution is -0.138. The molecular formula is C14H16N2O6S. The molecule has 0 atom stereocenters. The number of benzene rings is 1. The summed E-state index contributed by atoms with van der Waals surface area (Å²) in [5.74, 6) is 0.127. The second-order valence-corrected chi connectivity index (χ2v) is 5.74. The molecule has 2 rings (SSSR count). The van der Waals surface area contributed by atoms with Gasteiger partial charge in [-0.15, -0.1) is 4.40 Å². The fraction of sp³-hybridized carbons (Fsp3) is 0.286. The maximum Gasteiger partial charge on any atom is 0.355 e. The van der Waals surface area contributed by atoms with Crippen LogP contribution in [0.2, 0.25) is 0 Å². The van der Waals surface area contributed by atoms with Crippen molar-refractivity contribution >= 4 is 21.9 Å². The first-order valence-corrected chi connectivity index (χ1v) is 8.08. The summed E-state index contributed by atoms with van der Waals surface area (Å²) in [4.78, 5) is 11.8. The Balaban J connectivity index is 2.48. The van der Waals surface area contributed by atoms with Gasteiger partial charge in [-0.25, -0.2) is 4.79 Å². The van der Waals surface area contributed by atoms with E-state index < -0.39 is 16.2 Å². The molecule has 1 aliphatic rings. The summed E-state index contributed by atoms with van der Waals surface area (Å²) in [7, 11) is -1.08. The Labute approximate surface area is 133 Å². The fourth-order valence-electron chi connectivity index (χ4n) is 1.92. The van der Waals surface area contributed by atoms with Gasteiger partial charge < -0.3 is 14.2 Å². The van der Waals surface area contributed by atoms with Crippen LogP contribution < -0.4 is 14.2 Å². The van der Waals surface area contributed by atoms with Crippen molar-refractivity contribution in [1.82, 2.24) is 4.72 Å². The van der Waals surface area contributed by atoms with Crippen LogP contribution in [-0.2, 0) is 19.7 Å². The quantitative estimate of drug-likeness (QED) is 0.795. The Morgan fingerprint density at radius 1 is 1.22 bits per heavy atom. The SMILES string of the molecule is CCOC(=O)C1=CC(c2ccc(OC)c(OC)c2)=NS(=O)(=O)N1. The third-order valence-corrected chi connectivity index (χ3v) is 3.83. The van der Waals surface area contributed by atoms with Gasteiger partial charge in [0.15, 0.2) is 11.5 Å². The minimum atomic E-state index is -4.03. The Kier molecular flexibility index (Phi) is 4.89. The van der Waals surface area contributed by atoms with Crippen molar-refractivity contribution in [3.05, 3.63) is 35.5 Å². The molecule has 1 heterocycles. The number of methoxy groups -OCH3 is 2.